The van der Waals surface area contributed by atoms with Gasteiger partial charge in [0.25, 0.3) is 0 Å². The zero-order chi connectivity index (χ0) is 18.5. The van der Waals surface area contributed by atoms with E-state index in [0.717, 1.165) is 38.9 Å². The highest BCUT2D eigenvalue weighted by molar-refractivity contribution is 5.68. The number of hydrogen-bond donors (Lipinski definition) is 2. The molecule has 0 bridgehead atoms. The summed E-state index contributed by atoms with van der Waals surface area (Å²) in [6.45, 7) is 6.83. The van der Waals surface area contributed by atoms with Gasteiger partial charge in [-0.1, -0.05) is 26.7 Å². The normalized spacial score (nSPS) is 10.1. The van der Waals surface area contributed by atoms with Gasteiger partial charge in [-0.2, -0.15) is 0 Å². The quantitative estimate of drug-likeness (QED) is 0.405. The van der Waals surface area contributed by atoms with E-state index in [2.05, 4.69) is 13.8 Å². The Morgan fingerprint density at radius 2 is 0.958 bits per heavy atom. The Kier molecular flexibility index (Phi) is 22.7. The van der Waals surface area contributed by atoms with Crippen LogP contribution in [0.1, 0.15) is 39.5 Å². The van der Waals surface area contributed by atoms with Crippen molar-refractivity contribution in [2.75, 3.05) is 52.9 Å². The molecule has 8 nitrogen and oxygen atoms in total. The lowest BCUT2D eigenvalue weighted by atomic mass is 10.4. The maximum Gasteiger partial charge on any atom is 0.329 e. The Hall–Kier alpha value is -1.22. The molecule has 24 heavy (non-hydrogen) atoms. The van der Waals surface area contributed by atoms with Gasteiger partial charge in [-0.15, -0.1) is 0 Å². The number of rotatable bonds is 16. The molecule has 0 saturated carbocycles. The van der Waals surface area contributed by atoms with Gasteiger partial charge in [0, 0.05) is 13.2 Å². The van der Waals surface area contributed by atoms with Crippen molar-refractivity contribution in [1.82, 2.24) is 0 Å². The summed E-state index contributed by atoms with van der Waals surface area (Å²) in [5.41, 5.74) is 0. The van der Waals surface area contributed by atoms with Crippen LogP contribution in [-0.2, 0) is 28.5 Å². The summed E-state index contributed by atoms with van der Waals surface area (Å²) in [7, 11) is 0. The van der Waals surface area contributed by atoms with Crippen molar-refractivity contribution in [2.45, 2.75) is 39.5 Å². The number of aliphatic carboxylic acids is 2. The van der Waals surface area contributed by atoms with E-state index in [-0.39, 0.29) is 13.2 Å². The molecule has 0 aliphatic rings. The average molecular weight is 352 g/mol. The fourth-order valence-electron chi connectivity index (χ4n) is 1.25. The summed E-state index contributed by atoms with van der Waals surface area (Å²) < 4.78 is 19.8. The minimum Gasteiger partial charge on any atom is -0.480 e. The van der Waals surface area contributed by atoms with E-state index in [1.54, 1.807) is 0 Å². The van der Waals surface area contributed by atoms with Crippen LogP contribution in [0.15, 0.2) is 0 Å². The first-order valence-electron chi connectivity index (χ1n) is 8.29. The first-order valence-corrected chi connectivity index (χ1v) is 8.29. The van der Waals surface area contributed by atoms with E-state index in [0.29, 0.717) is 26.4 Å². The Labute approximate surface area is 144 Å². The minimum absolute atomic E-state index is 0.239. The first kappa shape index (κ1) is 25.0. The van der Waals surface area contributed by atoms with Gasteiger partial charge >= 0.3 is 11.9 Å². The maximum atomic E-state index is 9.97. The van der Waals surface area contributed by atoms with E-state index >= 15 is 0 Å². The summed E-state index contributed by atoms with van der Waals surface area (Å²) in [5.74, 6) is -1.88. The van der Waals surface area contributed by atoms with Gasteiger partial charge in [0.1, 0.15) is 13.2 Å². The van der Waals surface area contributed by atoms with E-state index in [1.165, 1.54) is 0 Å². The molecule has 0 saturated heterocycles. The molecule has 2 N–H and O–H groups in total. The van der Waals surface area contributed by atoms with Crippen LogP contribution in [0.2, 0.25) is 0 Å². The van der Waals surface area contributed by atoms with Crippen molar-refractivity contribution in [1.29, 1.82) is 0 Å². The zero-order valence-corrected chi connectivity index (χ0v) is 14.8. The minimum atomic E-state index is -0.941. The lowest BCUT2D eigenvalue weighted by Crippen LogP contribution is -2.11. The van der Waals surface area contributed by atoms with Crippen LogP contribution in [0.25, 0.3) is 0 Å². The Morgan fingerprint density at radius 3 is 1.25 bits per heavy atom. The van der Waals surface area contributed by atoms with Gasteiger partial charge < -0.3 is 29.2 Å². The predicted octanol–water partition coefficient (Wildman–Crippen LogP) is 1.81. The smallest absolute Gasteiger partial charge is 0.329 e. The van der Waals surface area contributed by atoms with Gasteiger partial charge in [0.05, 0.1) is 26.4 Å². The zero-order valence-electron chi connectivity index (χ0n) is 14.8. The van der Waals surface area contributed by atoms with Gasteiger partial charge in [-0.3, -0.25) is 0 Å². The fourth-order valence-corrected chi connectivity index (χ4v) is 1.25. The van der Waals surface area contributed by atoms with Crippen molar-refractivity contribution >= 4 is 11.9 Å². The van der Waals surface area contributed by atoms with Crippen LogP contribution < -0.4 is 0 Å². The summed E-state index contributed by atoms with van der Waals surface area (Å²) in [5, 5.41) is 16.4. The molecule has 0 atom stereocenters. The van der Waals surface area contributed by atoms with E-state index < -0.39 is 11.9 Å². The molecule has 144 valence electrons. The summed E-state index contributed by atoms with van der Waals surface area (Å²) in [4.78, 5) is 19.9. The SMILES string of the molecule is CCCCOCCOCC(=O)O.CCCCOCCOCC(=O)O. The second kappa shape index (κ2) is 21.8. The van der Waals surface area contributed by atoms with E-state index in [4.69, 9.17) is 29.2 Å². The summed E-state index contributed by atoms with van der Waals surface area (Å²) in [6, 6.07) is 0. The molecule has 0 aromatic carbocycles. The highest BCUT2D eigenvalue weighted by Gasteiger charge is 1.95. The molecule has 0 aromatic heterocycles. The second-order valence-electron chi connectivity index (χ2n) is 4.82. The Balaban J connectivity index is 0. The lowest BCUT2D eigenvalue weighted by molar-refractivity contribution is -0.143. The summed E-state index contributed by atoms with van der Waals surface area (Å²) >= 11 is 0. The summed E-state index contributed by atoms with van der Waals surface area (Å²) in [6.07, 6.45) is 4.30. The van der Waals surface area contributed by atoms with Crippen LogP contribution in [0, 0.1) is 0 Å². The van der Waals surface area contributed by atoms with Gasteiger partial charge in [0.2, 0.25) is 0 Å². The van der Waals surface area contributed by atoms with Crippen LogP contribution in [0.3, 0.4) is 0 Å². The molecular formula is C16H32O8. The highest BCUT2D eigenvalue weighted by Crippen LogP contribution is 1.88. The van der Waals surface area contributed by atoms with Gasteiger partial charge in [-0.25, -0.2) is 9.59 Å². The van der Waals surface area contributed by atoms with Crippen molar-refractivity contribution in [3.05, 3.63) is 0 Å². The molecule has 0 aliphatic carbocycles. The largest absolute Gasteiger partial charge is 0.480 e. The number of carboxylic acids is 2. The topological polar surface area (TPSA) is 112 Å². The molecule has 0 unspecified atom stereocenters. The van der Waals surface area contributed by atoms with Gasteiger partial charge in [0.15, 0.2) is 0 Å². The Morgan fingerprint density at radius 1 is 0.625 bits per heavy atom. The third-order valence-electron chi connectivity index (χ3n) is 2.48. The number of hydrogen-bond acceptors (Lipinski definition) is 6. The number of carbonyl (C=O) groups is 2. The molecule has 0 fully saturated rings. The molecule has 0 radical (unpaired) electrons. The van der Waals surface area contributed by atoms with Crippen LogP contribution in [0.5, 0.6) is 0 Å². The third kappa shape index (κ3) is 28.9. The number of ether oxygens (including phenoxy) is 4. The molecule has 0 heterocycles. The van der Waals surface area contributed by atoms with E-state index in [9.17, 15) is 9.59 Å². The van der Waals surface area contributed by atoms with Crippen molar-refractivity contribution < 1.29 is 38.7 Å². The van der Waals surface area contributed by atoms with Crippen LogP contribution in [0.4, 0.5) is 0 Å². The van der Waals surface area contributed by atoms with Crippen molar-refractivity contribution in [3.63, 3.8) is 0 Å². The first-order chi connectivity index (χ1) is 11.5. The Bertz CT molecular complexity index is 255. The van der Waals surface area contributed by atoms with Crippen LogP contribution in [-0.4, -0.2) is 75.0 Å². The van der Waals surface area contributed by atoms with Crippen molar-refractivity contribution in [3.8, 4) is 0 Å². The maximum absolute atomic E-state index is 9.97. The monoisotopic (exact) mass is 352 g/mol. The highest BCUT2D eigenvalue weighted by atomic mass is 16.5. The molecule has 0 rings (SSSR count). The molecule has 0 aliphatic heterocycles. The molecule has 8 heteroatoms. The standard InChI is InChI=1S/2C8H16O4/c2*1-2-3-4-11-5-6-12-7-8(9)10/h2*2-7H2,1H3,(H,9,10). The number of carboxylic acid groups (broad SMARTS) is 2. The predicted molar refractivity (Wildman–Crippen MR) is 88.4 cm³/mol. The average Bonchev–Trinajstić information content (AvgIpc) is 2.53. The van der Waals surface area contributed by atoms with Gasteiger partial charge in [-0.05, 0) is 12.8 Å². The van der Waals surface area contributed by atoms with Crippen LogP contribution >= 0.6 is 0 Å². The third-order valence-corrected chi connectivity index (χ3v) is 2.48. The second-order valence-corrected chi connectivity index (χ2v) is 4.82. The van der Waals surface area contributed by atoms with Crippen molar-refractivity contribution in [2.24, 2.45) is 0 Å². The molecule has 0 amide bonds. The lowest BCUT2D eigenvalue weighted by Gasteiger charge is -2.02. The fraction of sp³-hybridized carbons (Fsp3) is 0.875. The van der Waals surface area contributed by atoms with E-state index in [1.807, 2.05) is 0 Å². The molecule has 0 spiro atoms. The number of unbranched alkanes of at least 4 members (excludes halogenated alkanes) is 2. The molecular weight excluding hydrogens is 320 g/mol. The molecule has 0 aromatic rings.